The summed E-state index contributed by atoms with van der Waals surface area (Å²) < 4.78 is 41.5. The zero-order chi connectivity index (χ0) is 29.5. The fourth-order valence-electron chi connectivity index (χ4n) is 4.85. The van der Waals surface area contributed by atoms with Gasteiger partial charge in [0.05, 0.1) is 6.04 Å². The van der Waals surface area contributed by atoms with Gasteiger partial charge in [0.2, 0.25) is 0 Å². The van der Waals surface area contributed by atoms with Crippen LogP contribution in [-0.4, -0.2) is 18.8 Å². The maximum atomic E-state index is 12.5. The Morgan fingerprint density at radius 1 is 0.805 bits per heavy atom. The summed E-state index contributed by atoms with van der Waals surface area (Å²) in [5.74, 6) is -0.382. The van der Waals surface area contributed by atoms with Crippen LogP contribution in [0, 0.1) is 0 Å². The van der Waals surface area contributed by atoms with Crippen molar-refractivity contribution in [2.45, 2.75) is 90.0 Å². The third-order valence-corrected chi connectivity index (χ3v) is 7.18. The Kier molecular flexibility index (Phi) is 13.2. The van der Waals surface area contributed by atoms with Crippen molar-refractivity contribution in [2.75, 3.05) is 6.54 Å². The van der Waals surface area contributed by atoms with Crippen molar-refractivity contribution >= 4 is 5.91 Å². The minimum atomic E-state index is -4.76. The lowest BCUT2D eigenvalue weighted by Gasteiger charge is -2.14. The molecule has 0 spiro atoms. The quantitative estimate of drug-likeness (QED) is 0.165. The predicted molar refractivity (Wildman–Crippen MR) is 159 cm³/mol. The Morgan fingerprint density at radius 3 is 1.95 bits per heavy atom. The molecule has 221 valence electrons. The van der Waals surface area contributed by atoms with Crippen molar-refractivity contribution in [1.29, 1.82) is 0 Å². The summed E-state index contributed by atoms with van der Waals surface area (Å²) in [6.07, 6.45) is 8.23. The number of unbranched alkanes of at least 4 members (excludes halogenated alkanes) is 9. The number of benzene rings is 3. The molecule has 1 amide bonds. The molecule has 1 radical (unpaired) electrons. The summed E-state index contributed by atoms with van der Waals surface area (Å²) in [4.78, 5) is 12.5. The van der Waals surface area contributed by atoms with Gasteiger partial charge in [0.25, 0.3) is 5.91 Å². The largest absolute Gasteiger partial charge is 0.573 e. The summed E-state index contributed by atoms with van der Waals surface area (Å²) in [6.45, 7) is 2.93. The second-order valence-corrected chi connectivity index (χ2v) is 10.6. The third-order valence-electron chi connectivity index (χ3n) is 7.18. The molecule has 2 N–H and O–H groups in total. The predicted octanol–water partition coefficient (Wildman–Crippen LogP) is 9.47. The second kappa shape index (κ2) is 16.8. The molecule has 3 aromatic rings. The van der Waals surface area contributed by atoms with Gasteiger partial charge in [-0.15, -0.1) is 13.2 Å². The van der Waals surface area contributed by atoms with E-state index >= 15 is 0 Å². The smallest absolute Gasteiger partial charge is 0.406 e. The van der Waals surface area contributed by atoms with Crippen molar-refractivity contribution in [1.82, 2.24) is 11.1 Å². The van der Waals surface area contributed by atoms with Gasteiger partial charge in [0, 0.05) is 12.1 Å². The number of ether oxygens (including phenoxy) is 1. The van der Waals surface area contributed by atoms with Gasteiger partial charge in [-0.1, -0.05) is 113 Å². The van der Waals surface area contributed by atoms with Crippen molar-refractivity contribution in [3.63, 3.8) is 0 Å². The van der Waals surface area contributed by atoms with E-state index in [1.807, 2.05) is 48.5 Å². The number of carbonyl (C=O) groups excluding carboxylic acids is 1. The van der Waals surface area contributed by atoms with Crippen LogP contribution in [0.3, 0.4) is 0 Å². The first-order chi connectivity index (χ1) is 19.7. The SMILES string of the molecule is CCCCCCCCCCCCNC(=O)c1ccc(-c2ccc(CC([NH])c3cccc(OC(F)(F)F)c3)cc2)cc1. The Hall–Kier alpha value is -3.32. The third kappa shape index (κ3) is 12.0. The van der Waals surface area contributed by atoms with E-state index in [9.17, 15) is 18.0 Å². The van der Waals surface area contributed by atoms with Crippen LogP contribution in [0.15, 0.2) is 72.8 Å². The zero-order valence-corrected chi connectivity index (χ0v) is 23.9. The van der Waals surface area contributed by atoms with E-state index in [1.165, 1.54) is 69.6 Å². The Morgan fingerprint density at radius 2 is 1.37 bits per heavy atom. The number of carbonyl (C=O) groups is 1. The molecule has 0 fully saturated rings. The normalized spacial score (nSPS) is 12.2. The number of rotatable bonds is 17. The molecular weight excluding hydrogens is 525 g/mol. The first-order valence-corrected chi connectivity index (χ1v) is 14.8. The molecule has 4 nitrogen and oxygen atoms in total. The van der Waals surface area contributed by atoms with Crippen LogP contribution in [0.5, 0.6) is 5.75 Å². The molecule has 0 bridgehead atoms. The van der Waals surface area contributed by atoms with Gasteiger partial charge >= 0.3 is 6.36 Å². The fourth-order valence-corrected chi connectivity index (χ4v) is 4.85. The number of nitrogens with one attached hydrogen (secondary N) is 2. The van der Waals surface area contributed by atoms with Crippen molar-refractivity contribution < 1.29 is 22.7 Å². The van der Waals surface area contributed by atoms with E-state index in [2.05, 4.69) is 17.0 Å². The van der Waals surface area contributed by atoms with E-state index < -0.39 is 12.4 Å². The van der Waals surface area contributed by atoms with Crippen LogP contribution >= 0.6 is 0 Å². The van der Waals surface area contributed by atoms with Gasteiger partial charge in [0.1, 0.15) is 5.75 Å². The van der Waals surface area contributed by atoms with Crippen LogP contribution in [0.2, 0.25) is 0 Å². The summed E-state index contributed by atoms with van der Waals surface area (Å²) in [6, 6.07) is 20.1. The van der Waals surface area contributed by atoms with E-state index in [0.717, 1.165) is 29.5 Å². The fraction of sp³-hybridized carbons (Fsp3) is 0.441. The van der Waals surface area contributed by atoms with Crippen LogP contribution < -0.4 is 15.8 Å². The highest BCUT2D eigenvalue weighted by molar-refractivity contribution is 5.94. The molecule has 1 unspecified atom stereocenters. The Balaban J connectivity index is 1.40. The molecule has 41 heavy (non-hydrogen) atoms. The van der Waals surface area contributed by atoms with E-state index in [-0.39, 0.29) is 11.7 Å². The van der Waals surface area contributed by atoms with Gasteiger partial charge < -0.3 is 10.1 Å². The van der Waals surface area contributed by atoms with Gasteiger partial charge in [0.15, 0.2) is 0 Å². The first kappa shape index (κ1) is 32.2. The molecule has 0 aliphatic heterocycles. The molecule has 7 heteroatoms. The molecule has 0 aliphatic carbocycles. The van der Waals surface area contributed by atoms with E-state index in [4.69, 9.17) is 5.73 Å². The molecule has 1 atom stereocenters. The standard InChI is InChI=1S/C34H42F3N2O2/c1-2-3-4-5-6-7-8-9-10-11-23-39-33(40)29-21-19-28(20-22-29)27-17-15-26(16-18-27)24-32(38)30-13-12-14-31(25-30)41-34(35,36)37/h12-22,25,32,38H,2-11,23-24H2,1H3,(H,39,40). The molecular formula is C34H42F3N2O2. The van der Waals surface area contributed by atoms with Crippen molar-refractivity contribution in [3.8, 4) is 16.9 Å². The van der Waals surface area contributed by atoms with E-state index in [0.29, 0.717) is 24.1 Å². The minimum Gasteiger partial charge on any atom is -0.406 e. The van der Waals surface area contributed by atoms with Crippen LogP contribution in [0.1, 0.15) is 98.7 Å². The molecule has 3 rings (SSSR count). The first-order valence-electron chi connectivity index (χ1n) is 14.8. The zero-order valence-electron chi connectivity index (χ0n) is 23.9. The lowest BCUT2D eigenvalue weighted by atomic mass is 9.97. The number of amides is 1. The molecule has 0 saturated carbocycles. The number of hydrogen-bond donors (Lipinski definition) is 1. The summed E-state index contributed by atoms with van der Waals surface area (Å²) >= 11 is 0. The average Bonchev–Trinajstić information content (AvgIpc) is 2.95. The molecule has 0 heterocycles. The number of halogens is 3. The highest BCUT2D eigenvalue weighted by Crippen LogP contribution is 2.27. The lowest BCUT2D eigenvalue weighted by Crippen LogP contribution is -2.24. The summed E-state index contributed by atoms with van der Waals surface area (Å²) in [5.41, 5.74) is 12.4. The monoisotopic (exact) mass is 567 g/mol. The number of alkyl halides is 3. The lowest BCUT2D eigenvalue weighted by molar-refractivity contribution is -0.274. The van der Waals surface area contributed by atoms with Gasteiger partial charge in [-0.25, -0.2) is 5.73 Å². The average molecular weight is 568 g/mol. The maximum absolute atomic E-state index is 12.5. The van der Waals surface area contributed by atoms with Crippen LogP contribution in [0.4, 0.5) is 13.2 Å². The van der Waals surface area contributed by atoms with Gasteiger partial charge in [-0.3, -0.25) is 4.79 Å². The Bertz CT molecular complexity index is 1180. The minimum absolute atomic E-state index is 0.0611. The molecule has 0 aliphatic rings. The highest BCUT2D eigenvalue weighted by Gasteiger charge is 2.31. The number of hydrogen-bond acceptors (Lipinski definition) is 2. The maximum Gasteiger partial charge on any atom is 0.573 e. The Labute approximate surface area is 242 Å². The summed E-state index contributed by atoms with van der Waals surface area (Å²) in [7, 11) is 0. The van der Waals surface area contributed by atoms with E-state index in [1.54, 1.807) is 6.07 Å². The van der Waals surface area contributed by atoms with Gasteiger partial charge in [-0.2, -0.15) is 0 Å². The van der Waals surface area contributed by atoms with Crippen LogP contribution in [0.25, 0.3) is 11.1 Å². The van der Waals surface area contributed by atoms with Gasteiger partial charge in [-0.05, 0) is 59.4 Å². The molecule has 0 aromatic heterocycles. The summed E-state index contributed by atoms with van der Waals surface area (Å²) in [5, 5.41) is 3.02. The van der Waals surface area contributed by atoms with Crippen molar-refractivity contribution in [3.05, 3.63) is 89.5 Å². The topological polar surface area (TPSA) is 62.1 Å². The second-order valence-electron chi connectivity index (χ2n) is 10.6. The highest BCUT2D eigenvalue weighted by atomic mass is 19.4. The van der Waals surface area contributed by atoms with Crippen molar-refractivity contribution in [2.24, 2.45) is 0 Å². The van der Waals surface area contributed by atoms with Crippen LogP contribution in [-0.2, 0) is 6.42 Å². The molecule has 0 saturated heterocycles. The molecule has 3 aromatic carbocycles.